The van der Waals surface area contributed by atoms with Gasteiger partial charge in [0.05, 0.1) is 12.8 Å². The van der Waals surface area contributed by atoms with Crippen molar-refractivity contribution in [2.45, 2.75) is 122 Å². The van der Waals surface area contributed by atoms with E-state index < -0.39 is 17.9 Å². The summed E-state index contributed by atoms with van der Waals surface area (Å²) in [6, 6.07) is 0. The maximum Gasteiger partial charge on any atom is 2.00 e. The molecule has 0 heterocycles. The quantitative estimate of drug-likeness (QED) is 0.164. The Kier molecular flexibility index (Phi) is 31.8. The third kappa shape index (κ3) is 38.8. The van der Waals surface area contributed by atoms with Gasteiger partial charge in [-0.1, -0.05) is 96.8 Å². The van der Waals surface area contributed by atoms with E-state index in [4.69, 9.17) is 15.3 Å². The van der Waals surface area contributed by atoms with Gasteiger partial charge >= 0.3 is 55.6 Å². The van der Waals surface area contributed by atoms with Gasteiger partial charge in [-0.05, 0) is 6.42 Å². The Bertz CT molecular complexity index is 384. The second-order valence-corrected chi connectivity index (χ2v) is 7.38. The molecule has 0 saturated heterocycles. The van der Waals surface area contributed by atoms with Crippen LogP contribution in [0.1, 0.15) is 125 Å². The van der Waals surface area contributed by atoms with Crippen LogP contribution in [-0.4, -0.2) is 71.0 Å². The van der Waals surface area contributed by atoms with Crippen LogP contribution < -0.4 is 0 Å². The SMILES string of the molecule is CCCCCCCCCCCCCCCCCC(=O)O.O=C(O)CCC(=O)O.[Ca+2].[H-].[H-]. The normalized spacial score (nSPS) is 9.83. The molecule has 0 aromatic carbocycles. The zero-order valence-corrected chi connectivity index (χ0v) is 20.7. The summed E-state index contributed by atoms with van der Waals surface area (Å²) >= 11 is 0. The van der Waals surface area contributed by atoms with Crippen LogP contribution in [0.4, 0.5) is 0 Å². The smallest absolute Gasteiger partial charge is 1.00 e. The first-order valence-corrected chi connectivity index (χ1v) is 11.1. The average Bonchev–Trinajstić information content (AvgIpc) is 2.63. The van der Waals surface area contributed by atoms with Crippen molar-refractivity contribution in [1.82, 2.24) is 0 Å². The fraction of sp³-hybridized carbons (Fsp3) is 0.864. The molecule has 0 bridgehead atoms. The first-order valence-electron chi connectivity index (χ1n) is 11.1. The Balaban J connectivity index is -0.000000176. The fourth-order valence-corrected chi connectivity index (χ4v) is 2.86. The van der Waals surface area contributed by atoms with Crippen molar-refractivity contribution in [2.24, 2.45) is 0 Å². The summed E-state index contributed by atoms with van der Waals surface area (Å²) < 4.78 is 0. The third-order valence-corrected chi connectivity index (χ3v) is 4.55. The van der Waals surface area contributed by atoms with E-state index in [-0.39, 0.29) is 53.4 Å². The third-order valence-electron chi connectivity index (χ3n) is 4.55. The van der Waals surface area contributed by atoms with Gasteiger partial charge in [0.25, 0.3) is 0 Å². The van der Waals surface area contributed by atoms with E-state index in [0.29, 0.717) is 6.42 Å². The minimum absolute atomic E-state index is 0. The standard InChI is InChI=1S/C18H36O2.C4H6O4.Ca.2H/c1-2-3-4-5-6-7-8-9-10-11-12-13-14-15-16-17-18(19)20;5-3(6)1-2-4(7)8;;;/h2-17H2,1H3,(H,19,20);1-2H2,(H,5,6)(H,7,8);;;/q;;+2;2*-1. The number of aliphatic carboxylic acids is 3. The Hall–Kier alpha value is -0.330. The van der Waals surface area contributed by atoms with Crippen LogP contribution in [-0.2, 0) is 14.4 Å². The van der Waals surface area contributed by atoms with Gasteiger partial charge in [-0.15, -0.1) is 0 Å². The van der Waals surface area contributed by atoms with E-state index >= 15 is 0 Å². The minimum Gasteiger partial charge on any atom is -1.00 e. The molecule has 7 heteroatoms. The van der Waals surface area contributed by atoms with Crippen molar-refractivity contribution < 1.29 is 32.6 Å². The number of carboxylic acid groups (broad SMARTS) is 3. The van der Waals surface area contributed by atoms with E-state index in [1.54, 1.807) is 0 Å². The molecule has 0 spiro atoms. The molecule has 170 valence electrons. The summed E-state index contributed by atoms with van der Waals surface area (Å²) in [5.74, 6) is -2.81. The summed E-state index contributed by atoms with van der Waals surface area (Å²) in [6.07, 6.45) is 19.6. The summed E-state index contributed by atoms with van der Waals surface area (Å²) in [5.41, 5.74) is 0. The monoisotopic (exact) mass is 444 g/mol. The van der Waals surface area contributed by atoms with Crippen molar-refractivity contribution in [3.63, 3.8) is 0 Å². The van der Waals surface area contributed by atoms with E-state index in [2.05, 4.69) is 6.92 Å². The molecule has 0 aromatic rings. The molecule has 0 saturated carbocycles. The Morgan fingerprint density at radius 1 is 0.483 bits per heavy atom. The van der Waals surface area contributed by atoms with Gasteiger partial charge in [-0.25, -0.2) is 0 Å². The van der Waals surface area contributed by atoms with Gasteiger partial charge in [0.15, 0.2) is 0 Å². The van der Waals surface area contributed by atoms with Gasteiger partial charge in [-0.3, -0.25) is 14.4 Å². The number of rotatable bonds is 19. The molecule has 0 amide bonds. The molecule has 0 radical (unpaired) electrons. The number of carbonyl (C=O) groups is 3. The summed E-state index contributed by atoms with van der Waals surface area (Å²) in [7, 11) is 0. The largest absolute Gasteiger partial charge is 2.00 e. The van der Waals surface area contributed by atoms with Crippen molar-refractivity contribution in [2.75, 3.05) is 0 Å². The van der Waals surface area contributed by atoms with Crippen LogP contribution in [0, 0.1) is 0 Å². The van der Waals surface area contributed by atoms with Crippen LogP contribution in [0.3, 0.4) is 0 Å². The maximum absolute atomic E-state index is 10.3. The van der Waals surface area contributed by atoms with Crippen molar-refractivity contribution in [3.8, 4) is 0 Å². The summed E-state index contributed by atoms with van der Waals surface area (Å²) in [6.45, 7) is 2.27. The van der Waals surface area contributed by atoms with Gasteiger partial charge < -0.3 is 18.2 Å². The van der Waals surface area contributed by atoms with Gasteiger partial charge in [-0.2, -0.15) is 0 Å². The Morgan fingerprint density at radius 2 is 0.724 bits per heavy atom. The van der Waals surface area contributed by atoms with E-state index in [0.717, 1.165) is 12.8 Å². The number of carboxylic acids is 3. The van der Waals surface area contributed by atoms with Crippen molar-refractivity contribution in [1.29, 1.82) is 0 Å². The summed E-state index contributed by atoms with van der Waals surface area (Å²) in [4.78, 5) is 29.6. The molecule has 29 heavy (non-hydrogen) atoms. The number of hydrogen-bond donors (Lipinski definition) is 3. The first-order chi connectivity index (χ1) is 13.4. The molecular weight excluding hydrogens is 400 g/mol. The molecule has 0 rings (SSSR count). The Labute approximate surface area is 209 Å². The molecule has 0 aliphatic heterocycles. The minimum atomic E-state index is -1.08. The van der Waals surface area contributed by atoms with Gasteiger partial charge in [0.2, 0.25) is 0 Å². The molecule has 0 aromatic heterocycles. The van der Waals surface area contributed by atoms with E-state index in [1.807, 2.05) is 0 Å². The van der Waals surface area contributed by atoms with E-state index in [1.165, 1.54) is 83.5 Å². The summed E-state index contributed by atoms with van der Waals surface area (Å²) in [5, 5.41) is 24.3. The van der Waals surface area contributed by atoms with Crippen LogP contribution in [0.15, 0.2) is 0 Å². The van der Waals surface area contributed by atoms with Crippen molar-refractivity contribution >= 4 is 55.6 Å². The molecule has 0 aliphatic carbocycles. The van der Waals surface area contributed by atoms with Crippen LogP contribution in [0.2, 0.25) is 0 Å². The molecule has 0 unspecified atom stereocenters. The predicted molar refractivity (Wildman–Crippen MR) is 120 cm³/mol. The number of unbranched alkanes of at least 4 members (excludes halogenated alkanes) is 14. The molecule has 0 aliphatic rings. The van der Waals surface area contributed by atoms with Gasteiger partial charge in [0, 0.05) is 6.42 Å². The van der Waals surface area contributed by atoms with Crippen molar-refractivity contribution in [3.05, 3.63) is 0 Å². The first kappa shape index (κ1) is 33.3. The second-order valence-electron chi connectivity index (χ2n) is 7.38. The van der Waals surface area contributed by atoms with Crippen LogP contribution in [0.5, 0.6) is 0 Å². The molecular formula is C22H44CaO6. The predicted octanol–water partition coefficient (Wildman–Crippen LogP) is 6.11. The zero-order valence-electron chi connectivity index (χ0n) is 20.5. The molecule has 0 atom stereocenters. The number of hydrogen-bond acceptors (Lipinski definition) is 3. The Morgan fingerprint density at radius 3 is 0.966 bits per heavy atom. The van der Waals surface area contributed by atoms with E-state index in [9.17, 15) is 14.4 Å². The molecule has 0 fully saturated rings. The van der Waals surface area contributed by atoms with Crippen LogP contribution >= 0.6 is 0 Å². The second kappa shape index (κ2) is 27.7. The van der Waals surface area contributed by atoms with Crippen LogP contribution in [0.25, 0.3) is 0 Å². The molecule has 6 nitrogen and oxygen atoms in total. The topological polar surface area (TPSA) is 112 Å². The fourth-order valence-electron chi connectivity index (χ4n) is 2.86. The average molecular weight is 445 g/mol. The van der Waals surface area contributed by atoms with Gasteiger partial charge in [0.1, 0.15) is 0 Å². The molecule has 3 N–H and O–H groups in total. The zero-order chi connectivity index (χ0) is 21.5. The maximum atomic E-state index is 10.3.